The Morgan fingerprint density at radius 2 is 2.20 bits per heavy atom. The van der Waals surface area contributed by atoms with Crippen LogP contribution in [0.15, 0.2) is 36.9 Å². The van der Waals surface area contributed by atoms with Crippen molar-refractivity contribution >= 4 is 0 Å². The first kappa shape index (κ1) is 11.8. The average Bonchev–Trinajstić information content (AvgIpc) is 2.26. The number of hydrogen-bond donors (Lipinski definition) is 2. The summed E-state index contributed by atoms with van der Waals surface area (Å²) < 4.78 is 0. The molecule has 0 amide bonds. The van der Waals surface area contributed by atoms with Crippen molar-refractivity contribution in [3.8, 4) is 5.75 Å². The fourth-order valence-electron chi connectivity index (χ4n) is 1.62. The summed E-state index contributed by atoms with van der Waals surface area (Å²) in [4.78, 5) is 0. The zero-order valence-electron chi connectivity index (χ0n) is 9.24. The molecule has 0 aliphatic heterocycles. The van der Waals surface area contributed by atoms with Crippen molar-refractivity contribution < 1.29 is 5.11 Å². The predicted octanol–water partition coefficient (Wildman–Crippen LogP) is 3.01. The lowest BCUT2D eigenvalue weighted by atomic mass is 10.0. The summed E-state index contributed by atoms with van der Waals surface area (Å²) in [5.41, 5.74) is 0.976. The SMILES string of the molecule is C=CCCNC(CC)c1ccccc1O. The molecule has 0 fully saturated rings. The van der Waals surface area contributed by atoms with E-state index in [0.29, 0.717) is 5.75 Å². The molecule has 0 aromatic heterocycles. The first-order valence-electron chi connectivity index (χ1n) is 5.41. The molecular weight excluding hydrogens is 186 g/mol. The van der Waals surface area contributed by atoms with Crippen molar-refractivity contribution in [2.45, 2.75) is 25.8 Å². The van der Waals surface area contributed by atoms with E-state index in [1.165, 1.54) is 0 Å². The third-order valence-electron chi connectivity index (χ3n) is 2.46. The Balaban J connectivity index is 2.65. The summed E-state index contributed by atoms with van der Waals surface area (Å²) in [6, 6.07) is 7.71. The second-order valence-electron chi connectivity index (χ2n) is 3.55. The Morgan fingerprint density at radius 3 is 2.80 bits per heavy atom. The molecule has 0 bridgehead atoms. The molecule has 1 aromatic rings. The van der Waals surface area contributed by atoms with E-state index in [1.807, 2.05) is 24.3 Å². The summed E-state index contributed by atoms with van der Waals surface area (Å²) >= 11 is 0. The number of nitrogens with one attached hydrogen (secondary N) is 1. The second kappa shape index (κ2) is 6.25. The third kappa shape index (κ3) is 3.40. The second-order valence-corrected chi connectivity index (χ2v) is 3.55. The molecule has 15 heavy (non-hydrogen) atoms. The Bertz CT molecular complexity index is 309. The standard InChI is InChI=1S/C13H19NO/c1-3-5-10-14-12(4-2)11-8-6-7-9-13(11)15/h3,6-9,12,14-15H,1,4-5,10H2,2H3. The topological polar surface area (TPSA) is 32.3 Å². The number of para-hydroxylation sites is 1. The van der Waals surface area contributed by atoms with Gasteiger partial charge in [-0.2, -0.15) is 0 Å². The molecule has 1 unspecified atom stereocenters. The molecule has 0 saturated heterocycles. The highest BCUT2D eigenvalue weighted by Crippen LogP contribution is 2.25. The molecule has 1 aromatic carbocycles. The van der Waals surface area contributed by atoms with E-state index in [0.717, 1.165) is 24.9 Å². The highest BCUT2D eigenvalue weighted by atomic mass is 16.3. The highest BCUT2D eigenvalue weighted by molar-refractivity contribution is 5.34. The molecule has 0 saturated carbocycles. The van der Waals surface area contributed by atoms with Gasteiger partial charge in [-0.1, -0.05) is 31.2 Å². The summed E-state index contributed by atoms with van der Waals surface area (Å²) in [6.45, 7) is 6.69. The van der Waals surface area contributed by atoms with E-state index in [-0.39, 0.29) is 6.04 Å². The zero-order valence-corrected chi connectivity index (χ0v) is 9.24. The maximum Gasteiger partial charge on any atom is 0.120 e. The molecule has 0 radical (unpaired) electrons. The Kier molecular flexibility index (Phi) is 4.91. The van der Waals surface area contributed by atoms with Crippen LogP contribution in [0.25, 0.3) is 0 Å². The molecule has 1 rings (SSSR count). The summed E-state index contributed by atoms with van der Waals surface area (Å²) in [5, 5.41) is 13.1. The maximum absolute atomic E-state index is 9.71. The van der Waals surface area contributed by atoms with E-state index in [9.17, 15) is 5.11 Å². The molecule has 82 valence electrons. The number of hydrogen-bond acceptors (Lipinski definition) is 2. The quantitative estimate of drug-likeness (QED) is 0.552. The fourth-order valence-corrected chi connectivity index (χ4v) is 1.62. The molecule has 0 heterocycles. The van der Waals surface area contributed by atoms with Crippen LogP contribution in [0.1, 0.15) is 31.4 Å². The highest BCUT2D eigenvalue weighted by Gasteiger charge is 2.11. The van der Waals surface area contributed by atoms with E-state index < -0.39 is 0 Å². The van der Waals surface area contributed by atoms with Gasteiger partial charge in [-0.15, -0.1) is 6.58 Å². The first-order valence-corrected chi connectivity index (χ1v) is 5.41. The van der Waals surface area contributed by atoms with Crippen molar-refractivity contribution in [3.05, 3.63) is 42.5 Å². The Hall–Kier alpha value is -1.28. The van der Waals surface area contributed by atoms with Gasteiger partial charge in [0.25, 0.3) is 0 Å². The van der Waals surface area contributed by atoms with Crippen molar-refractivity contribution in [2.24, 2.45) is 0 Å². The fraction of sp³-hybridized carbons (Fsp3) is 0.385. The van der Waals surface area contributed by atoms with Crippen LogP contribution in [0.2, 0.25) is 0 Å². The molecule has 2 nitrogen and oxygen atoms in total. The number of aromatic hydroxyl groups is 1. The van der Waals surface area contributed by atoms with Crippen molar-refractivity contribution in [3.63, 3.8) is 0 Å². The summed E-state index contributed by atoms with van der Waals surface area (Å²) in [7, 11) is 0. The van der Waals surface area contributed by atoms with Gasteiger partial charge in [0.05, 0.1) is 0 Å². The van der Waals surface area contributed by atoms with E-state index in [4.69, 9.17) is 0 Å². The van der Waals surface area contributed by atoms with Crippen molar-refractivity contribution in [1.82, 2.24) is 5.32 Å². The van der Waals surface area contributed by atoms with Gasteiger partial charge in [-0.3, -0.25) is 0 Å². The van der Waals surface area contributed by atoms with Crippen LogP contribution < -0.4 is 5.32 Å². The third-order valence-corrected chi connectivity index (χ3v) is 2.46. The molecule has 1 atom stereocenters. The summed E-state index contributed by atoms with van der Waals surface area (Å²) in [6.07, 6.45) is 3.81. The minimum Gasteiger partial charge on any atom is -0.508 e. The largest absolute Gasteiger partial charge is 0.508 e. The van der Waals surface area contributed by atoms with Gasteiger partial charge in [0, 0.05) is 11.6 Å². The van der Waals surface area contributed by atoms with Crippen molar-refractivity contribution in [2.75, 3.05) is 6.54 Å². The lowest BCUT2D eigenvalue weighted by Gasteiger charge is -2.17. The van der Waals surface area contributed by atoms with E-state index >= 15 is 0 Å². The molecule has 0 aliphatic rings. The van der Waals surface area contributed by atoms with Gasteiger partial charge >= 0.3 is 0 Å². The zero-order chi connectivity index (χ0) is 11.1. The van der Waals surface area contributed by atoms with E-state index in [2.05, 4.69) is 18.8 Å². The number of phenols is 1. The minimum atomic E-state index is 0.228. The Morgan fingerprint density at radius 1 is 1.47 bits per heavy atom. The Labute approximate surface area is 91.6 Å². The first-order chi connectivity index (χ1) is 7.29. The van der Waals surface area contributed by atoms with Crippen LogP contribution in [0.4, 0.5) is 0 Å². The lowest BCUT2D eigenvalue weighted by molar-refractivity contribution is 0.443. The van der Waals surface area contributed by atoms with Crippen LogP contribution in [0.3, 0.4) is 0 Å². The molecule has 2 N–H and O–H groups in total. The number of rotatable bonds is 6. The van der Waals surface area contributed by atoms with E-state index in [1.54, 1.807) is 6.07 Å². The lowest BCUT2D eigenvalue weighted by Crippen LogP contribution is -2.21. The number of benzene rings is 1. The molecule has 2 heteroatoms. The van der Waals surface area contributed by atoms with Gasteiger partial charge in [0.2, 0.25) is 0 Å². The van der Waals surface area contributed by atoms with Crippen LogP contribution in [0.5, 0.6) is 5.75 Å². The molecular formula is C13H19NO. The van der Waals surface area contributed by atoms with Gasteiger partial charge in [-0.25, -0.2) is 0 Å². The van der Waals surface area contributed by atoms with Crippen LogP contribution >= 0.6 is 0 Å². The smallest absolute Gasteiger partial charge is 0.120 e. The molecule has 0 spiro atoms. The predicted molar refractivity (Wildman–Crippen MR) is 64.0 cm³/mol. The normalized spacial score (nSPS) is 12.3. The van der Waals surface area contributed by atoms with Gasteiger partial charge in [0.15, 0.2) is 0 Å². The monoisotopic (exact) mass is 205 g/mol. The minimum absolute atomic E-state index is 0.228. The van der Waals surface area contributed by atoms with Crippen LogP contribution in [0, 0.1) is 0 Å². The van der Waals surface area contributed by atoms with Crippen LogP contribution in [-0.2, 0) is 0 Å². The number of phenolic OH excluding ortho intramolecular Hbond substituents is 1. The van der Waals surface area contributed by atoms with Gasteiger partial charge in [-0.05, 0) is 25.5 Å². The van der Waals surface area contributed by atoms with Gasteiger partial charge in [0.1, 0.15) is 5.75 Å². The maximum atomic E-state index is 9.71. The summed E-state index contributed by atoms with van der Waals surface area (Å²) in [5.74, 6) is 0.371. The molecule has 0 aliphatic carbocycles. The van der Waals surface area contributed by atoms with Crippen LogP contribution in [-0.4, -0.2) is 11.7 Å². The van der Waals surface area contributed by atoms with Crippen molar-refractivity contribution in [1.29, 1.82) is 0 Å². The van der Waals surface area contributed by atoms with Gasteiger partial charge < -0.3 is 10.4 Å². The average molecular weight is 205 g/mol.